The van der Waals surface area contributed by atoms with Crippen LogP contribution in [0.5, 0.6) is 5.75 Å². The van der Waals surface area contributed by atoms with Crippen molar-refractivity contribution in [2.75, 3.05) is 18.0 Å². The standard InChI is InChI=1S/C27H30N2O2/c30-26-19-25(31-20-22-7-3-1-4-8-22)13-17-29(26)24-11-9-23(10-12-24)28-18-16-27(21-28)14-5-2-6-15-27/h1,3-4,7-13,17,19H,2,5-6,14-16,18,20-21H2. The zero-order chi connectivity index (χ0) is 21.1. The van der Waals surface area contributed by atoms with Gasteiger partial charge in [-0.25, -0.2) is 0 Å². The Labute approximate surface area is 184 Å². The number of hydrogen-bond acceptors (Lipinski definition) is 3. The van der Waals surface area contributed by atoms with E-state index in [1.54, 1.807) is 16.8 Å². The molecule has 0 radical (unpaired) electrons. The van der Waals surface area contributed by atoms with Crippen molar-refractivity contribution < 1.29 is 4.74 Å². The van der Waals surface area contributed by atoms with E-state index in [2.05, 4.69) is 17.0 Å². The van der Waals surface area contributed by atoms with Crippen molar-refractivity contribution in [3.8, 4) is 11.4 Å². The van der Waals surface area contributed by atoms with Crippen LogP contribution in [0.4, 0.5) is 5.69 Å². The van der Waals surface area contributed by atoms with Gasteiger partial charge < -0.3 is 9.64 Å². The Hall–Kier alpha value is -3.01. The Balaban J connectivity index is 1.26. The average Bonchev–Trinajstić information content (AvgIpc) is 3.22. The summed E-state index contributed by atoms with van der Waals surface area (Å²) in [7, 11) is 0. The number of ether oxygens (including phenoxy) is 1. The lowest BCUT2D eigenvalue weighted by Gasteiger charge is -2.33. The van der Waals surface area contributed by atoms with Gasteiger partial charge in [0, 0.05) is 36.7 Å². The predicted octanol–water partition coefficient (Wildman–Crippen LogP) is 5.58. The lowest BCUT2D eigenvalue weighted by atomic mass is 9.73. The number of aromatic nitrogens is 1. The van der Waals surface area contributed by atoms with Gasteiger partial charge in [0.2, 0.25) is 0 Å². The molecule has 1 saturated heterocycles. The van der Waals surface area contributed by atoms with Crippen LogP contribution in [0.15, 0.2) is 77.7 Å². The summed E-state index contributed by atoms with van der Waals surface area (Å²) in [6.45, 7) is 2.78. The average molecular weight is 415 g/mol. The molecular formula is C27H30N2O2. The van der Waals surface area contributed by atoms with E-state index >= 15 is 0 Å². The van der Waals surface area contributed by atoms with Crippen LogP contribution < -0.4 is 15.2 Å². The molecule has 2 aromatic carbocycles. The minimum Gasteiger partial charge on any atom is -0.489 e. The minimum atomic E-state index is -0.0827. The molecule has 4 nitrogen and oxygen atoms in total. The fourth-order valence-electron chi connectivity index (χ4n) is 5.19. The van der Waals surface area contributed by atoms with E-state index in [-0.39, 0.29) is 5.56 Å². The first kappa shape index (κ1) is 19.9. The second-order valence-electron chi connectivity index (χ2n) is 9.09. The van der Waals surface area contributed by atoms with Crippen molar-refractivity contribution in [3.63, 3.8) is 0 Å². The molecule has 5 rings (SSSR count). The molecule has 0 unspecified atom stereocenters. The van der Waals surface area contributed by atoms with Crippen molar-refractivity contribution in [2.45, 2.75) is 45.1 Å². The van der Waals surface area contributed by atoms with Crippen LogP contribution in [0, 0.1) is 5.41 Å². The molecule has 0 bridgehead atoms. The van der Waals surface area contributed by atoms with Crippen molar-refractivity contribution in [1.29, 1.82) is 0 Å². The highest BCUT2D eigenvalue weighted by Gasteiger charge is 2.38. The molecule has 1 spiro atoms. The predicted molar refractivity (Wildman–Crippen MR) is 125 cm³/mol. The third-order valence-corrected chi connectivity index (χ3v) is 6.98. The first-order valence-corrected chi connectivity index (χ1v) is 11.5. The molecule has 1 saturated carbocycles. The summed E-state index contributed by atoms with van der Waals surface area (Å²) in [6.07, 6.45) is 10.1. The molecule has 2 fully saturated rings. The van der Waals surface area contributed by atoms with Gasteiger partial charge >= 0.3 is 0 Å². The zero-order valence-corrected chi connectivity index (χ0v) is 18.0. The van der Waals surface area contributed by atoms with E-state index in [9.17, 15) is 4.79 Å². The second kappa shape index (κ2) is 8.62. The molecule has 1 aromatic heterocycles. The highest BCUT2D eigenvalue weighted by molar-refractivity contribution is 5.52. The van der Waals surface area contributed by atoms with Crippen molar-refractivity contribution in [1.82, 2.24) is 4.57 Å². The third-order valence-electron chi connectivity index (χ3n) is 6.98. The van der Waals surface area contributed by atoms with Crippen LogP contribution in [0.2, 0.25) is 0 Å². The molecule has 1 aliphatic heterocycles. The molecule has 2 aliphatic rings. The van der Waals surface area contributed by atoms with E-state index in [1.807, 2.05) is 48.5 Å². The molecular weight excluding hydrogens is 384 g/mol. The summed E-state index contributed by atoms with van der Waals surface area (Å²) >= 11 is 0. The largest absolute Gasteiger partial charge is 0.489 e. The highest BCUT2D eigenvalue weighted by atomic mass is 16.5. The van der Waals surface area contributed by atoms with Gasteiger partial charge in [0.1, 0.15) is 12.4 Å². The molecule has 160 valence electrons. The van der Waals surface area contributed by atoms with E-state index in [4.69, 9.17) is 4.74 Å². The van der Waals surface area contributed by atoms with Gasteiger partial charge in [0.15, 0.2) is 0 Å². The van der Waals surface area contributed by atoms with E-state index in [1.165, 1.54) is 50.8 Å². The molecule has 2 heterocycles. The highest BCUT2D eigenvalue weighted by Crippen LogP contribution is 2.44. The Morgan fingerprint density at radius 1 is 0.839 bits per heavy atom. The summed E-state index contributed by atoms with van der Waals surface area (Å²) in [5, 5.41) is 0. The summed E-state index contributed by atoms with van der Waals surface area (Å²) in [6, 6.07) is 21.8. The summed E-state index contributed by atoms with van der Waals surface area (Å²) < 4.78 is 7.46. The Morgan fingerprint density at radius 3 is 2.32 bits per heavy atom. The number of rotatable bonds is 5. The third kappa shape index (κ3) is 4.39. The summed E-state index contributed by atoms with van der Waals surface area (Å²) in [5.41, 5.74) is 3.69. The van der Waals surface area contributed by atoms with E-state index in [0.717, 1.165) is 17.8 Å². The first-order valence-electron chi connectivity index (χ1n) is 11.5. The van der Waals surface area contributed by atoms with Gasteiger partial charge in [-0.15, -0.1) is 0 Å². The van der Waals surface area contributed by atoms with Gasteiger partial charge in [-0.1, -0.05) is 49.6 Å². The molecule has 4 heteroatoms. The van der Waals surface area contributed by atoms with Crippen LogP contribution in [0.25, 0.3) is 5.69 Å². The molecule has 0 N–H and O–H groups in total. The Bertz CT molecular complexity index is 1070. The SMILES string of the molecule is O=c1cc(OCc2ccccc2)ccn1-c1ccc(N2CCC3(CCCCC3)C2)cc1. The summed E-state index contributed by atoms with van der Waals surface area (Å²) in [5.74, 6) is 0.594. The molecule has 31 heavy (non-hydrogen) atoms. The monoisotopic (exact) mass is 414 g/mol. The molecule has 1 aliphatic carbocycles. The topological polar surface area (TPSA) is 34.5 Å². The lowest BCUT2D eigenvalue weighted by molar-refractivity contribution is 0.219. The molecule has 0 atom stereocenters. The maximum atomic E-state index is 12.7. The van der Waals surface area contributed by atoms with E-state index in [0.29, 0.717) is 17.8 Å². The second-order valence-corrected chi connectivity index (χ2v) is 9.09. The number of anilines is 1. The Morgan fingerprint density at radius 2 is 1.58 bits per heavy atom. The van der Waals surface area contributed by atoms with Gasteiger partial charge in [0.25, 0.3) is 5.56 Å². The lowest BCUT2D eigenvalue weighted by Crippen LogP contribution is -2.29. The number of nitrogens with zero attached hydrogens (tertiary/aromatic N) is 2. The van der Waals surface area contributed by atoms with Crippen LogP contribution >= 0.6 is 0 Å². The van der Waals surface area contributed by atoms with Crippen LogP contribution in [0.3, 0.4) is 0 Å². The fraction of sp³-hybridized carbons (Fsp3) is 0.370. The number of hydrogen-bond donors (Lipinski definition) is 0. The van der Waals surface area contributed by atoms with Crippen LogP contribution in [-0.2, 0) is 6.61 Å². The van der Waals surface area contributed by atoms with Crippen LogP contribution in [-0.4, -0.2) is 17.7 Å². The van der Waals surface area contributed by atoms with Crippen LogP contribution in [0.1, 0.15) is 44.1 Å². The van der Waals surface area contributed by atoms with Gasteiger partial charge in [-0.3, -0.25) is 9.36 Å². The molecule has 3 aromatic rings. The minimum absolute atomic E-state index is 0.0827. The maximum Gasteiger partial charge on any atom is 0.258 e. The van der Waals surface area contributed by atoms with Gasteiger partial charge in [-0.2, -0.15) is 0 Å². The molecule has 0 amide bonds. The Kier molecular flexibility index (Phi) is 5.54. The first-order chi connectivity index (χ1) is 15.2. The summed E-state index contributed by atoms with van der Waals surface area (Å²) in [4.78, 5) is 15.2. The van der Waals surface area contributed by atoms with Crippen molar-refractivity contribution in [2.24, 2.45) is 5.41 Å². The zero-order valence-electron chi connectivity index (χ0n) is 18.0. The van der Waals surface area contributed by atoms with E-state index < -0.39 is 0 Å². The van der Waals surface area contributed by atoms with Gasteiger partial charge in [-0.05, 0) is 60.6 Å². The number of pyridine rings is 1. The number of benzene rings is 2. The quantitative estimate of drug-likeness (QED) is 0.547. The van der Waals surface area contributed by atoms with Crippen molar-refractivity contribution in [3.05, 3.63) is 88.8 Å². The van der Waals surface area contributed by atoms with Crippen molar-refractivity contribution >= 4 is 5.69 Å². The smallest absolute Gasteiger partial charge is 0.258 e. The maximum absolute atomic E-state index is 12.7. The fourth-order valence-corrected chi connectivity index (χ4v) is 5.19. The van der Waals surface area contributed by atoms with Gasteiger partial charge in [0.05, 0.1) is 0 Å². The normalized spacial score (nSPS) is 17.7.